The molecule has 5 rings (SSSR count). The van der Waals surface area contributed by atoms with E-state index in [0.29, 0.717) is 5.92 Å². The van der Waals surface area contributed by atoms with E-state index < -0.39 is 0 Å². The Morgan fingerprint density at radius 2 is 1.54 bits per heavy atom. The lowest BCUT2D eigenvalue weighted by atomic mass is 9.79. The molecular weight excluding hydrogens is 336 g/mol. The Bertz CT molecular complexity index is 1100. The average Bonchev–Trinajstić information content (AvgIpc) is 3.27. The van der Waals surface area contributed by atoms with Crippen LogP contribution in [0.4, 0.5) is 0 Å². The van der Waals surface area contributed by atoms with Crippen LogP contribution in [0.2, 0.25) is 0 Å². The van der Waals surface area contributed by atoms with Crippen LogP contribution in [0.1, 0.15) is 48.4 Å². The van der Waals surface area contributed by atoms with Gasteiger partial charge in [0, 0.05) is 5.92 Å². The smallest absolute Gasteiger partial charge is 0.0135 e. The van der Waals surface area contributed by atoms with Crippen molar-refractivity contribution in [3.8, 4) is 11.1 Å². The SMILES string of the molecule is CC1=CCC(C)=C1C(Cc1ccccc1)c1cccc2c1Cc1ccccc1-2. The van der Waals surface area contributed by atoms with Crippen LogP contribution in [-0.2, 0) is 12.8 Å². The van der Waals surface area contributed by atoms with Crippen molar-refractivity contribution in [1.82, 2.24) is 0 Å². The molecule has 0 heterocycles. The van der Waals surface area contributed by atoms with Crippen LogP contribution in [0.5, 0.6) is 0 Å². The Kier molecular flexibility index (Phi) is 4.28. The van der Waals surface area contributed by atoms with Gasteiger partial charge in [-0.05, 0) is 72.1 Å². The molecule has 0 fully saturated rings. The number of benzene rings is 3. The summed E-state index contributed by atoms with van der Waals surface area (Å²) < 4.78 is 0. The Balaban J connectivity index is 1.65. The van der Waals surface area contributed by atoms with Gasteiger partial charge in [-0.3, -0.25) is 0 Å². The van der Waals surface area contributed by atoms with Crippen molar-refractivity contribution in [2.45, 2.75) is 39.0 Å². The molecular formula is C28H26. The lowest BCUT2D eigenvalue weighted by Crippen LogP contribution is -2.10. The van der Waals surface area contributed by atoms with Crippen LogP contribution in [0.3, 0.4) is 0 Å². The van der Waals surface area contributed by atoms with Gasteiger partial charge in [-0.15, -0.1) is 0 Å². The van der Waals surface area contributed by atoms with E-state index in [2.05, 4.69) is 92.7 Å². The molecule has 0 N–H and O–H groups in total. The molecule has 2 aliphatic carbocycles. The van der Waals surface area contributed by atoms with Crippen molar-refractivity contribution < 1.29 is 0 Å². The average molecular weight is 363 g/mol. The van der Waals surface area contributed by atoms with E-state index in [1.54, 1.807) is 5.57 Å². The highest BCUT2D eigenvalue weighted by Gasteiger charge is 2.29. The molecule has 0 amide bonds. The minimum Gasteiger partial charge on any atom is -0.0772 e. The largest absolute Gasteiger partial charge is 0.0772 e. The molecule has 0 aliphatic heterocycles. The van der Waals surface area contributed by atoms with Gasteiger partial charge < -0.3 is 0 Å². The van der Waals surface area contributed by atoms with Gasteiger partial charge in [0.1, 0.15) is 0 Å². The van der Waals surface area contributed by atoms with Gasteiger partial charge in [0.05, 0.1) is 0 Å². The normalized spacial score (nSPS) is 16.0. The van der Waals surface area contributed by atoms with E-state index in [1.807, 2.05) is 0 Å². The minimum absolute atomic E-state index is 0.422. The monoisotopic (exact) mass is 362 g/mol. The first-order valence-electron chi connectivity index (χ1n) is 10.3. The van der Waals surface area contributed by atoms with Gasteiger partial charge >= 0.3 is 0 Å². The first-order valence-corrected chi connectivity index (χ1v) is 10.3. The van der Waals surface area contributed by atoms with Crippen molar-refractivity contribution >= 4 is 0 Å². The number of fused-ring (bicyclic) bond motifs is 3. The fourth-order valence-electron chi connectivity index (χ4n) is 5.16. The lowest BCUT2D eigenvalue weighted by Gasteiger charge is -2.25. The molecule has 3 aromatic rings. The second-order valence-corrected chi connectivity index (χ2v) is 8.23. The summed E-state index contributed by atoms with van der Waals surface area (Å²) in [6, 6.07) is 26.8. The molecule has 3 aromatic carbocycles. The zero-order valence-electron chi connectivity index (χ0n) is 16.7. The van der Waals surface area contributed by atoms with Crippen molar-refractivity contribution in [3.63, 3.8) is 0 Å². The van der Waals surface area contributed by atoms with E-state index in [0.717, 1.165) is 19.3 Å². The standard InChI is InChI=1S/C28H26/c1-19-15-16-20(2)28(19)27(17-21-9-4-3-5-10-21)25-14-8-13-24-23-12-7-6-11-22(23)18-26(24)25/h3-15,27H,16-18H2,1-2H3. The first kappa shape index (κ1) is 17.3. The maximum absolute atomic E-state index is 2.40. The van der Waals surface area contributed by atoms with Gasteiger partial charge in [-0.25, -0.2) is 0 Å². The molecule has 0 radical (unpaired) electrons. The Hall–Kier alpha value is -2.86. The third kappa shape index (κ3) is 2.85. The fourth-order valence-corrected chi connectivity index (χ4v) is 5.16. The molecule has 0 heteroatoms. The summed E-state index contributed by atoms with van der Waals surface area (Å²) >= 11 is 0. The van der Waals surface area contributed by atoms with E-state index in [4.69, 9.17) is 0 Å². The molecule has 0 bridgehead atoms. The van der Waals surface area contributed by atoms with Gasteiger partial charge in [0.25, 0.3) is 0 Å². The summed E-state index contributed by atoms with van der Waals surface area (Å²) in [4.78, 5) is 0. The molecule has 0 saturated heterocycles. The first-order chi connectivity index (χ1) is 13.7. The molecule has 2 aliphatic rings. The van der Waals surface area contributed by atoms with Crippen molar-refractivity contribution in [3.05, 3.63) is 118 Å². The zero-order chi connectivity index (χ0) is 19.1. The highest BCUT2D eigenvalue weighted by Crippen LogP contribution is 2.45. The molecule has 0 spiro atoms. The van der Waals surface area contributed by atoms with Crippen molar-refractivity contribution in [1.29, 1.82) is 0 Å². The van der Waals surface area contributed by atoms with Crippen LogP contribution in [0.25, 0.3) is 11.1 Å². The van der Waals surface area contributed by atoms with Gasteiger partial charge in [-0.2, -0.15) is 0 Å². The number of rotatable bonds is 4. The maximum atomic E-state index is 2.40. The van der Waals surface area contributed by atoms with Crippen LogP contribution >= 0.6 is 0 Å². The third-order valence-electron chi connectivity index (χ3n) is 6.49. The minimum atomic E-state index is 0.422. The van der Waals surface area contributed by atoms with Crippen LogP contribution in [0.15, 0.2) is 95.6 Å². The second-order valence-electron chi connectivity index (χ2n) is 8.23. The van der Waals surface area contributed by atoms with E-state index >= 15 is 0 Å². The lowest BCUT2D eigenvalue weighted by molar-refractivity contribution is 0.778. The fraction of sp³-hybridized carbons (Fsp3) is 0.214. The molecule has 0 aromatic heterocycles. The third-order valence-corrected chi connectivity index (χ3v) is 6.49. The van der Waals surface area contributed by atoms with Crippen LogP contribution in [-0.4, -0.2) is 0 Å². The Labute approximate surface area is 168 Å². The highest BCUT2D eigenvalue weighted by molar-refractivity contribution is 5.78. The Morgan fingerprint density at radius 3 is 2.32 bits per heavy atom. The molecule has 28 heavy (non-hydrogen) atoms. The summed E-state index contributed by atoms with van der Waals surface area (Å²) in [5, 5.41) is 0. The Morgan fingerprint density at radius 1 is 0.786 bits per heavy atom. The molecule has 138 valence electrons. The summed E-state index contributed by atoms with van der Waals surface area (Å²) in [6.45, 7) is 4.61. The van der Waals surface area contributed by atoms with Crippen LogP contribution < -0.4 is 0 Å². The van der Waals surface area contributed by atoms with E-state index in [9.17, 15) is 0 Å². The predicted molar refractivity (Wildman–Crippen MR) is 119 cm³/mol. The topological polar surface area (TPSA) is 0 Å². The van der Waals surface area contributed by atoms with Crippen molar-refractivity contribution in [2.24, 2.45) is 0 Å². The molecule has 1 atom stereocenters. The van der Waals surface area contributed by atoms with Gasteiger partial charge in [0.15, 0.2) is 0 Å². The van der Waals surface area contributed by atoms with E-state index in [-0.39, 0.29) is 0 Å². The maximum Gasteiger partial charge on any atom is 0.0135 e. The summed E-state index contributed by atoms with van der Waals surface area (Å²) in [5.41, 5.74) is 13.3. The highest BCUT2D eigenvalue weighted by atomic mass is 14.3. The molecule has 1 unspecified atom stereocenters. The molecule has 0 saturated carbocycles. The van der Waals surface area contributed by atoms with Gasteiger partial charge in [0.2, 0.25) is 0 Å². The quantitative estimate of drug-likeness (QED) is 0.358. The number of hydrogen-bond acceptors (Lipinski definition) is 0. The number of allylic oxidation sites excluding steroid dienone is 4. The zero-order valence-corrected chi connectivity index (χ0v) is 16.7. The number of hydrogen-bond donors (Lipinski definition) is 0. The van der Waals surface area contributed by atoms with E-state index in [1.165, 1.54) is 44.5 Å². The molecule has 0 nitrogen and oxygen atoms in total. The van der Waals surface area contributed by atoms with Crippen molar-refractivity contribution in [2.75, 3.05) is 0 Å². The summed E-state index contributed by atoms with van der Waals surface area (Å²) in [7, 11) is 0. The predicted octanol–water partition coefficient (Wildman–Crippen LogP) is 7.25. The second kappa shape index (κ2) is 6.95. The summed E-state index contributed by atoms with van der Waals surface area (Å²) in [5.74, 6) is 0.422. The van der Waals surface area contributed by atoms with Crippen LogP contribution in [0, 0.1) is 0 Å². The summed E-state index contributed by atoms with van der Waals surface area (Å²) in [6.07, 6.45) is 5.62. The van der Waals surface area contributed by atoms with Gasteiger partial charge in [-0.1, -0.05) is 90.0 Å².